The van der Waals surface area contributed by atoms with Gasteiger partial charge in [0.15, 0.2) is 0 Å². The molecule has 0 amide bonds. The lowest BCUT2D eigenvalue weighted by Gasteiger charge is -2.23. The fourth-order valence-corrected chi connectivity index (χ4v) is 1.41. The summed E-state index contributed by atoms with van der Waals surface area (Å²) in [6.07, 6.45) is -1.52. The van der Waals surface area contributed by atoms with E-state index in [9.17, 15) is 13.6 Å². The van der Waals surface area contributed by atoms with Gasteiger partial charge in [0.25, 0.3) is 6.43 Å². The molecule has 0 radical (unpaired) electrons. The van der Waals surface area contributed by atoms with E-state index in [-0.39, 0.29) is 19.1 Å². The molecule has 4 nitrogen and oxygen atoms in total. The van der Waals surface area contributed by atoms with E-state index in [2.05, 4.69) is 5.32 Å². The van der Waals surface area contributed by atoms with Crippen LogP contribution in [0.1, 0.15) is 20.3 Å². The van der Waals surface area contributed by atoms with Gasteiger partial charge in [-0.15, -0.1) is 0 Å². The maximum Gasteiger partial charge on any atom is 0.324 e. The molecule has 0 spiro atoms. The van der Waals surface area contributed by atoms with E-state index in [4.69, 9.17) is 4.74 Å². The average Bonchev–Trinajstić information content (AvgIpc) is 2.23. The predicted molar refractivity (Wildman–Crippen MR) is 62.2 cm³/mol. The lowest BCUT2D eigenvalue weighted by Crippen LogP contribution is -2.47. The molecule has 0 heterocycles. The standard InChI is InChI=1S/C11H22F2N2O2/c1-4-6-14-9(11(16)17-5-2)7-15(3)8-10(12)13/h9-10,14H,4-8H2,1-3H3. The molecule has 0 bridgehead atoms. The molecule has 0 aliphatic rings. The van der Waals surface area contributed by atoms with E-state index in [1.54, 1.807) is 14.0 Å². The number of carbonyl (C=O) groups excluding carboxylic acids is 1. The monoisotopic (exact) mass is 252 g/mol. The normalized spacial score (nSPS) is 13.1. The minimum Gasteiger partial charge on any atom is -0.465 e. The van der Waals surface area contributed by atoms with Crippen LogP contribution in [-0.2, 0) is 9.53 Å². The van der Waals surface area contributed by atoms with Crippen LogP contribution in [-0.4, -0.2) is 56.6 Å². The van der Waals surface area contributed by atoms with Crippen LogP contribution >= 0.6 is 0 Å². The number of esters is 1. The summed E-state index contributed by atoms with van der Waals surface area (Å²) in [4.78, 5) is 13.0. The average molecular weight is 252 g/mol. The molecule has 0 aromatic heterocycles. The smallest absolute Gasteiger partial charge is 0.324 e. The largest absolute Gasteiger partial charge is 0.465 e. The van der Waals surface area contributed by atoms with E-state index in [1.165, 1.54) is 4.90 Å². The maximum absolute atomic E-state index is 12.2. The lowest BCUT2D eigenvalue weighted by atomic mass is 10.2. The summed E-state index contributed by atoms with van der Waals surface area (Å²) in [5.41, 5.74) is 0. The molecule has 1 N–H and O–H groups in total. The minimum absolute atomic E-state index is 0.225. The molecule has 0 saturated heterocycles. The molecule has 17 heavy (non-hydrogen) atoms. The number of carbonyl (C=O) groups is 1. The van der Waals surface area contributed by atoms with Crippen molar-refractivity contribution in [1.29, 1.82) is 0 Å². The Hall–Kier alpha value is -0.750. The number of hydrogen-bond donors (Lipinski definition) is 1. The summed E-state index contributed by atoms with van der Waals surface area (Å²) in [6.45, 7) is 4.52. The third-order valence-corrected chi connectivity index (χ3v) is 2.16. The molecule has 0 rings (SSSR count). The topological polar surface area (TPSA) is 41.6 Å². The lowest BCUT2D eigenvalue weighted by molar-refractivity contribution is -0.146. The Bertz CT molecular complexity index is 216. The zero-order chi connectivity index (χ0) is 13.3. The highest BCUT2D eigenvalue weighted by atomic mass is 19.3. The van der Waals surface area contributed by atoms with Gasteiger partial charge < -0.3 is 10.1 Å². The second-order valence-corrected chi connectivity index (χ2v) is 3.87. The van der Waals surface area contributed by atoms with Gasteiger partial charge in [0.1, 0.15) is 6.04 Å². The maximum atomic E-state index is 12.2. The van der Waals surface area contributed by atoms with Crippen LogP contribution in [0, 0.1) is 0 Å². The third kappa shape index (κ3) is 8.04. The Balaban J connectivity index is 4.21. The van der Waals surface area contributed by atoms with Crippen molar-refractivity contribution < 1.29 is 18.3 Å². The van der Waals surface area contributed by atoms with Crippen molar-refractivity contribution in [1.82, 2.24) is 10.2 Å². The van der Waals surface area contributed by atoms with Gasteiger partial charge in [-0.3, -0.25) is 9.69 Å². The van der Waals surface area contributed by atoms with Crippen LogP contribution < -0.4 is 5.32 Å². The third-order valence-electron chi connectivity index (χ3n) is 2.16. The van der Waals surface area contributed by atoms with Crippen LogP contribution in [0.4, 0.5) is 8.78 Å². The number of rotatable bonds is 9. The molecule has 0 saturated carbocycles. The fourth-order valence-electron chi connectivity index (χ4n) is 1.41. The first kappa shape index (κ1) is 16.2. The molecule has 102 valence electrons. The van der Waals surface area contributed by atoms with Crippen LogP contribution in [0.5, 0.6) is 0 Å². The van der Waals surface area contributed by atoms with Crippen molar-refractivity contribution >= 4 is 5.97 Å². The zero-order valence-corrected chi connectivity index (χ0v) is 10.7. The molecular weight excluding hydrogens is 230 g/mol. The summed E-state index contributed by atoms with van der Waals surface area (Å²) in [6, 6.07) is -0.543. The van der Waals surface area contributed by atoms with Crippen LogP contribution in [0.15, 0.2) is 0 Å². The number of alkyl halides is 2. The zero-order valence-electron chi connectivity index (χ0n) is 10.7. The van der Waals surface area contributed by atoms with Gasteiger partial charge >= 0.3 is 5.97 Å². The number of ether oxygens (including phenoxy) is 1. The van der Waals surface area contributed by atoms with Gasteiger partial charge in [0.05, 0.1) is 13.2 Å². The summed E-state index contributed by atoms with van der Waals surface area (Å²) >= 11 is 0. The predicted octanol–water partition coefficient (Wildman–Crippen LogP) is 1.11. The number of nitrogens with one attached hydrogen (secondary N) is 1. The van der Waals surface area contributed by atoms with E-state index in [1.807, 2.05) is 6.92 Å². The highest BCUT2D eigenvalue weighted by Gasteiger charge is 2.21. The molecule has 0 fully saturated rings. The van der Waals surface area contributed by atoms with Crippen molar-refractivity contribution in [2.45, 2.75) is 32.7 Å². The quantitative estimate of drug-likeness (QED) is 0.624. The fraction of sp³-hybridized carbons (Fsp3) is 0.909. The SMILES string of the molecule is CCCNC(CN(C)CC(F)F)C(=O)OCC. The number of likely N-dealkylation sites (N-methyl/N-ethyl adjacent to an activating group) is 1. The van der Waals surface area contributed by atoms with Crippen molar-refractivity contribution in [3.05, 3.63) is 0 Å². The van der Waals surface area contributed by atoms with Gasteiger partial charge in [-0.25, -0.2) is 8.78 Å². The van der Waals surface area contributed by atoms with Crippen LogP contribution in [0.2, 0.25) is 0 Å². The van der Waals surface area contributed by atoms with E-state index in [0.717, 1.165) is 6.42 Å². The molecule has 0 aromatic rings. The first-order chi connectivity index (χ1) is 8.01. The van der Waals surface area contributed by atoms with Crippen molar-refractivity contribution in [2.75, 3.05) is 33.3 Å². The second-order valence-electron chi connectivity index (χ2n) is 3.87. The van der Waals surface area contributed by atoms with Gasteiger partial charge in [-0.1, -0.05) is 6.92 Å². The molecule has 6 heteroatoms. The first-order valence-electron chi connectivity index (χ1n) is 5.87. The van der Waals surface area contributed by atoms with Gasteiger partial charge in [-0.2, -0.15) is 0 Å². The molecular formula is C11H22F2N2O2. The molecule has 1 atom stereocenters. The van der Waals surface area contributed by atoms with Crippen molar-refractivity contribution in [3.63, 3.8) is 0 Å². The number of hydrogen-bond acceptors (Lipinski definition) is 4. The Kier molecular flexibility index (Phi) is 8.89. The van der Waals surface area contributed by atoms with Crippen molar-refractivity contribution in [3.8, 4) is 0 Å². The minimum atomic E-state index is -2.39. The van der Waals surface area contributed by atoms with Gasteiger partial charge in [-0.05, 0) is 26.9 Å². The second kappa shape index (κ2) is 9.30. The van der Waals surface area contributed by atoms with Gasteiger partial charge in [0, 0.05) is 6.54 Å². The van der Waals surface area contributed by atoms with E-state index in [0.29, 0.717) is 13.2 Å². The van der Waals surface area contributed by atoms with Crippen LogP contribution in [0.3, 0.4) is 0 Å². The summed E-state index contributed by atoms with van der Waals surface area (Å²) in [5, 5.41) is 3.00. The summed E-state index contributed by atoms with van der Waals surface area (Å²) < 4.78 is 29.2. The highest BCUT2D eigenvalue weighted by Crippen LogP contribution is 1.99. The Morgan fingerprint density at radius 1 is 1.35 bits per heavy atom. The highest BCUT2D eigenvalue weighted by molar-refractivity contribution is 5.76. The summed E-state index contributed by atoms with van der Waals surface area (Å²) in [7, 11) is 1.56. The van der Waals surface area contributed by atoms with Gasteiger partial charge in [0.2, 0.25) is 0 Å². The molecule has 0 aliphatic heterocycles. The number of nitrogens with zero attached hydrogens (tertiary/aromatic N) is 1. The van der Waals surface area contributed by atoms with Crippen molar-refractivity contribution in [2.24, 2.45) is 0 Å². The number of halogens is 2. The molecule has 0 aromatic carbocycles. The van der Waals surface area contributed by atoms with E-state index >= 15 is 0 Å². The first-order valence-corrected chi connectivity index (χ1v) is 5.87. The molecule has 1 unspecified atom stereocenters. The Labute approximate surface area is 101 Å². The Morgan fingerprint density at radius 2 is 2.00 bits per heavy atom. The Morgan fingerprint density at radius 3 is 2.47 bits per heavy atom. The van der Waals surface area contributed by atoms with E-state index < -0.39 is 12.5 Å². The van der Waals surface area contributed by atoms with Crippen LogP contribution in [0.25, 0.3) is 0 Å². The molecule has 0 aliphatic carbocycles. The summed E-state index contributed by atoms with van der Waals surface area (Å²) in [5.74, 6) is -0.387.